The fourth-order valence-corrected chi connectivity index (χ4v) is 1.64. The number of hydrogen-bond acceptors (Lipinski definition) is 2. The number of hydrogen-bond donors (Lipinski definition) is 1. The standard InChI is InChI=1S/C8H11NOS/c9-8(10)5-1-3-7-4-2-6-11-7/h2,4,6H,1,3,5H2,(H2,9,10). The number of nitrogens with two attached hydrogens (primary N) is 1. The summed E-state index contributed by atoms with van der Waals surface area (Å²) in [6.07, 6.45) is 2.34. The van der Waals surface area contributed by atoms with Crippen LogP contribution in [-0.2, 0) is 11.2 Å². The average molecular weight is 169 g/mol. The first-order chi connectivity index (χ1) is 5.29. The summed E-state index contributed by atoms with van der Waals surface area (Å²) < 4.78 is 0. The van der Waals surface area contributed by atoms with Gasteiger partial charge >= 0.3 is 0 Å². The summed E-state index contributed by atoms with van der Waals surface area (Å²) >= 11 is 1.72. The van der Waals surface area contributed by atoms with Crippen LogP contribution in [0.3, 0.4) is 0 Å². The van der Waals surface area contributed by atoms with Crippen molar-refractivity contribution in [2.75, 3.05) is 0 Å². The molecular weight excluding hydrogens is 158 g/mol. The summed E-state index contributed by atoms with van der Waals surface area (Å²) in [5, 5.41) is 2.04. The zero-order valence-electron chi connectivity index (χ0n) is 6.25. The van der Waals surface area contributed by atoms with Crippen LogP contribution in [0, 0.1) is 0 Å². The lowest BCUT2D eigenvalue weighted by molar-refractivity contribution is -0.118. The summed E-state index contributed by atoms with van der Waals surface area (Å²) in [5.74, 6) is -0.207. The van der Waals surface area contributed by atoms with Crippen molar-refractivity contribution in [2.45, 2.75) is 19.3 Å². The molecule has 1 aromatic heterocycles. The first-order valence-electron chi connectivity index (χ1n) is 3.60. The summed E-state index contributed by atoms with van der Waals surface area (Å²) in [6.45, 7) is 0. The highest BCUT2D eigenvalue weighted by Gasteiger charge is 1.96. The normalized spacial score (nSPS) is 9.82. The lowest BCUT2D eigenvalue weighted by Crippen LogP contribution is -2.09. The van der Waals surface area contributed by atoms with E-state index in [4.69, 9.17) is 5.73 Å². The number of amides is 1. The molecule has 11 heavy (non-hydrogen) atoms. The molecule has 3 heteroatoms. The van der Waals surface area contributed by atoms with E-state index in [2.05, 4.69) is 6.07 Å². The Bertz CT molecular complexity index is 218. The SMILES string of the molecule is NC(=O)CCCc1cccs1. The van der Waals surface area contributed by atoms with Crippen LogP contribution in [0.4, 0.5) is 0 Å². The highest BCUT2D eigenvalue weighted by atomic mass is 32.1. The van der Waals surface area contributed by atoms with Gasteiger partial charge in [0.1, 0.15) is 0 Å². The number of primary amides is 1. The van der Waals surface area contributed by atoms with Crippen molar-refractivity contribution in [1.29, 1.82) is 0 Å². The molecule has 60 valence electrons. The van der Waals surface area contributed by atoms with Crippen LogP contribution in [0.25, 0.3) is 0 Å². The number of rotatable bonds is 4. The number of aryl methyl sites for hydroxylation is 1. The molecule has 0 radical (unpaired) electrons. The van der Waals surface area contributed by atoms with E-state index in [0.717, 1.165) is 12.8 Å². The Morgan fingerprint density at radius 2 is 2.45 bits per heavy atom. The van der Waals surface area contributed by atoms with Gasteiger partial charge in [0, 0.05) is 11.3 Å². The number of carbonyl (C=O) groups excluding carboxylic acids is 1. The van der Waals surface area contributed by atoms with Crippen LogP contribution in [0.5, 0.6) is 0 Å². The van der Waals surface area contributed by atoms with Gasteiger partial charge in [-0.15, -0.1) is 11.3 Å². The van der Waals surface area contributed by atoms with Crippen LogP contribution in [0.15, 0.2) is 17.5 Å². The maximum atomic E-state index is 10.4. The summed E-state index contributed by atoms with van der Waals surface area (Å²) in [5.41, 5.74) is 5.00. The molecule has 0 aromatic carbocycles. The molecule has 0 atom stereocenters. The molecule has 0 fully saturated rings. The lowest BCUT2D eigenvalue weighted by atomic mass is 10.2. The second kappa shape index (κ2) is 4.13. The Hall–Kier alpha value is -0.830. The second-order valence-electron chi connectivity index (χ2n) is 2.40. The summed E-state index contributed by atoms with van der Waals surface area (Å²) in [7, 11) is 0. The van der Waals surface area contributed by atoms with E-state index in [1.54, 1.807) is 11.3 Å². The van der Waals surface area contributed by atoms with Gasteiger partial charge < -0.3 is 5.73 Å². The molecule has 0 bridgehead atoms. The van der Waals surface area contributed by atoms with Gasteiger partial charge in [-0.1, -0.05) is 6.07 Å². The molecule has 0 aliphatic rings. The molecule has 1 heterocycles. The third kappa shape index (κ3) is 3.18. The van der Waals surface area contributed by atoms with E-state index in [9.17, 15) is 4.79 Å². The van der Waals surface area contributed by atoms with Crippen molar-refractivity contribution >= 4 is 17.2 Å². The summed E-state index contributed by atoms with van der Waals surface area (Å²) in [4.78, 5) is 11.7. The molecule has 1 rings (SSSR count). The molecule has 1 amide bonds. The molecule has 0 aliphatic heterocycles. The summed E-state index contributed by atoms with van der Waals surface area (Å²) in [6, 6.07) is 4.09. The van der Waals surface area contributed by atoms with Crippen LogP contribution >= 0.6 is 11.3 Å². The third-order valence-corrected chi connectivity index (χ3v) is 2.36. The molecule has 2 nitrogen and oxygen atoms in total. The Morgan fingerprint density at radius 3 is 3.00 bits per heavy atom. The van der Waals surface area contributed by atoms with Gasteiger partial charge in [-0.25, -0.2) is 0 Å². The predicted octanol–water partition coefficient (Wildman–Crippen LogP) is 1.56. The minimum atomic E-state index is -0.207. The van der Waals surface area contributed by atoms with Crippen molar-refractivity contribution in [3.63, 3.8) is 0 Å². The van der Waals surface area contributed by atoms with Crippen LogP contribution in [0.2, 0.25) is 0 Å². The third-order valence-electron chi connectivity index (χ3n) is 1.43. The van der Waals surface area contributed by atoms with Crippen molar-refractivity contribution < 1.29 is 4.79 Å². The van der Waals surface area contributed by atoms with Gasteiger partial charge in [0.25, 0.3) is 0 Å². The topological polar surface area (TPSA) is 43.1 Å². The molecule has 0 aliphatic carbocycles. The van der Waals surface area contributed by atoms with Crippen molar-refractivity contribution in [3.8, 4) is 0 Å². The predicted molar refractivity (Wildman–Crippen MR) is 46.5 cm³/mol. The minimum absolute atomic E-state index is 0.207. The molecule has 0 saturated heterocycles. The Morgan fingerprint density at radius 1 is 1.64 bits per heavy atom. The maximum absolute atomic E-state index is 10.4. The van der Waals surface area contributed by atoms with E-state index in [0.29, 0.717) is 6.42 Å². The fraction of sp³-hybridized carbons (Fsp3) is 0.375. The van der Waals surface area contributed by atoms with Crippen LogP contribution in [0.1, 0.15) is 17.7 Å². The zero-order chi connectivity index (χ0) is 8.10. The molecule has 0 saturated carbocycles. The minimum Gasteiger partial charge on any atom is -0.370 e. The molecule has 2 N–H and O–H groups in total. The van der Waals surface area contributed by atoms with Crippen LogP contribution < -0.4 is 5.73 Å². The Balaban J connectivity index is 2.19. The van der Waals surface area contributed by atoms with E-state index in [1.165, 1.54) is 4.88 Å². The number of carbonyl (C=O) groups is 1. The van der Waals surface area contributed by atoms with Crippen molar-refractivity contribution in [3.05, 3.63) is 22.4 Å². The smallest absolute Gasteiger partial charge is 0.217 e. The van der Waals surface area contributed by atoms with E-state index < -0.39 is 0 Å². The highest BCUT2D eigenvalue weighted by Crippen LogP contribution is 2.11. The Labute approximate surface area is 70.0 Å². The molecule has 0 spiro atoms. The van der Waals surface area contributed by atoms with Crippen molar-refractivity contribution in [1.82, 2.24) is 0 Å². The Kier molecular flexibility index (Phi) is 3.11. The van der Waals surface area contributed by atoms with Gasteiger partial charge in [0.2, 0.25) is 5.91 Å². The van der Waals surface area contributed by atoms with Gasteiger partial charge in [0.15, 0.2) is 0 Å². The second-order valence-corrected chi connectivity index (χ2v) is 3.43. The number of thiophene rings is 1. The van der Waals surface area contributed by atoms with Crippen molar-refractivity contribution in [2.24, 2.45) is 5.73 Å². The quantitative estimate of drug-likeness (QED) is 0.730. The first kappa shape index (κ1) is 8.27. The van der Waals surface area contributed by atoms with E-state index in [1.807, 2.05) is 11.4 Å². The molecule has 1 aromatic rings. The van der Waals surface area contributed by atoms with Crippen LogP contribution in [-0.4, -0.2) is 5.91 Å². The zero-order valence-corrected chi connectivity index (χ0v) is 7.06. The van der Waals surface area contributed by atoms with Gasteiger partial charge in [0.05, 0.1) is 0 Å². The molecular formula is C8H11NOS. The highest BCUT2D eigenvalue weighted by molar-refractivity contribution is 7.09. The molecule has 0 unspecified atom stereocenters. The lowest BCUT2D eigenvalue weighted by Gasteiger charge is -1.93. The van der Waals surface area contributed by atoms with Gasteiger partial charge in [-0.3, -0.25) is 4.79 Å². The monoisotopic (exact) mass is 169 g/mol. The fourth-order valence-electron chi connectivity index (χ4n) is 0.892. The van der Waals surface area contributed by atoms with Gasteiger partial charge in [-0.2, -0.15) is 0 Å². The first-order valence-corrected chi connectivity index (χ1v) is 4.47. The largest absolute Gasteiger partial charge is 0.370 e. The van der Waals surface area contributed by atoms with E-state index in [-0.39, 0.29) is 5.91 Å². The average Bonchev–Trinajstić information content (AvgIpc) is 2.39. The van der Waals surface area contributed by atoms with Gasteiger partial charge in [-0.05, 0) is 24.3 Å². The van der Waals surface area contributed by atoms with E-state index >= 15 is 0 Å². The maximum Gasteiger partial charge on any atom is 0.217 e.